The number of halogens is 3. The molecule has 0 aliphatic heterocycles. The van der Waals surface area contributed by atoms with Gasteiger partial charge in [-0.1, -0.05) is 12.1 Å². The molecule has 0 radical (unpaired) electrons. The number of pyridine rings is 1. The van der Waals surface area contributed by atoms with Gasteiger partial charge in [0.25, 0.3) is 5.56 Å². The molecule has 2 heterocycles. The van der Waals surface area contributed by atoms with E-state index in [2.05, 4.69) is 10.3 Å². The Morgan fingerprint density at radius 1 is 1.23 bits per heavy atom. The maximum absolute atomic E-state index is 12.8. The van der Waals surface area contributed by atoms with Crippen LogP contribution in [0.4, 0.5) is 24.7 Å². The van der Waals surface area contributed by atoms with E-state index in [9.17, 15) is 27.9 Å². The van der Waals surface area contributed by atoms with Gasteiger partial charge in [-0.2, -0.15) is 13.2 Å². The van der Waals surface area contributed by atoms with Crippen molar-refractivity contribution in [3.05, 3.63) is 69.6 Å². The number of aryl methyl sites for hydroxylation is 1. The third kappa shape index (κ3) is 3.10. The second-order valence-electron chi connectivity index (χ2n) is 5.53. The van der Waals surface area contributed by atoms with Gasteiger partial charge in [0.15, 0.2) is 11.4 Å². The summed E-state index contributed by atoms with van der Waals surface area (Å²) in [5.41, 5.74) is -1.63. The zero-order chi connectivity index (χ0) is 19.1. The number of aromatic nitrogens is 2. The van der Waals surface area contributed by atoms with E-state index in [1.54, 1.807) is 19.1 Å². The number of nitrogens with zero attached hydrogens (tertiary/aromatic N) is 2. The highest BCUT2D eigenvalue weighted by molar-refractivity contribution is 5.94. The first kappa shape index (κ1) is 17.5. The summed E-state index contributed by atoms with van der Waals surface area (Å²) in [4.78, 5) is 28.1. The van der Waals surface area contributed by atoms with Crippen molar-refractivity contribution in [3.8, 4) is 0 Å². The molecule has 0 amide bonds. The van der Waals surface area contributed by atoms with Gasteiger partial charge in [-0.15, -0.1) is 0 Å². The van der Waals surface area contributed by atoms with Gasteiger partial charge in [-0.25, -0.2) is 9.78 Å². The molecular formula is C17H12F3N3O3. The zero-order valence-corrected chi connectivity index (χ0v) is 13.3. The average Bonchev–Trinajstić information content (AvgIpc) is 2.55. The Bertz CT molecular complexity index is 1070. The van der Waals surface area contributed by atoms with E-state index in [0.29, 0.717) is 5.56 Å². The monoisotopic (exact) mass is 363 g/mol. The molecule has 0 aliphatic rings. The average molecular weight is 363 g/mol. The van der Waals surface area contributed by atoms with Crippen LogP contribution < -0.4 is 10.9 Å². The van der Waals surface area contributed by atoms with Crippen molar-refractivity contribution in [2.24, 2.45) is 0 Å². The molecule has 2 aromatic heterocycles. The SMILES string of the molecule is Cc1cccn2c(=O)c(C(=O)O)c(Nc3cccc(C(F)(F)F)c3)nc12. The summed E-state index contributed by atoms with van der Waals surface area (Å²) in [7, 11) is 0. The molecule has 3 aromatic rings. The second kappa shape index (κ2) is 6.17. The molecule has 0 spiro atoms. The summed E-state index contributed by atoms with van der Waals surface area (Å²) in [6, 6.07) is 7.43. The number of carboxylic acids is 1. The van der Waals surface area contributed by atoms with Crippen LogP contribution in [-0.4, -0.2) is 20.5 Å². The Kier molecular flexibility index (Phi) is 4.15. The van der Waals surface area contributed by atoms with Gasteiger partial charge in [0, 0.05) is 11.9 Å². The lowest BCUT2D eigenvalue weighted by atomic mass is 10.2. The summed E-state index contributed by atoms with van der Waals surface area (Å²) in [6.45, 7) is 1.68. The number of alkyl halides is 3. The Morgan fingerprint density at radius 2 is 1.96 bits per heavy atom. The van der Waals surface area contributed by atoms with Gasteiger partial charge < -0.3 is 10.4 Å². The van der Waals surface area contributed by atoms with Crippen molar-refractivity contribution in [2.45, 2.75) is 13.1 Å². The number of aromatic carboxylic acids is 1. The molecule has 6 nitrogen and oxygen atoms in total. The van der Waals surface area contributed by atoms with Crippen LogP contribution in [0.1, 0.15) is 21.5 Å². The lowest BCUT2D eigenvalue weighted by Crippen LogP contribution is -2.25. The standard InChI is InChI=1S/C17H12F3N3O3/c1-9-4-3-7-23-14(9)22-13(12(15(23)24)16(25)26)21-11-6-2-5-10(8-11)17(18,19)20/h2-8,21H,1H3,(H,25,26). The molecule has 0 unspecified atom stereocenters. The van der Waals surface area contributed by atoms with Crippen LogP contribution in [0.5, 0.6) is 0 Å². The predicted octanol–water partition coefficient (Wildman–Crippen LogP) is 3.46. The van der Waals surface area contributed by atoms with Crippen molar-refractivity contribution in [1.82, 2.24) is 9.38 Å². The maximum atomic E-state index is 12.8. The molecule has 0 saturated carbocycles. The first-order chi connectivity index (χ1) is 12.2. The van der Waals surface area contributed by atoms with Gasteiger partial charge in [-0.3, -0.25) is 9.20 Å². The number of benzene rings is 1. The van der Waals surface area contributed by atoms with E-state index in [4.69, 9.17) is 0 Å². The number of nitrogens with one attached hydrogen (secondary N) is 1. The van der Waals surface area contributed by atoms with Crippen LogP contribution in [0.3, 0.4) is 0 Å². The minimum absolute atomic E-state index is 0.0350. The number of fused-ring (bicyclic) bond motifs is 1. The molecule has 0 atom stereocenters. The van der Waals surface area contributed by atoms with Crippen molar-refractivity contribution < 1.29 is 23.1 Å². The minimum Gasteiger partial charge on any atom is -0.477 e. The predicted molar refractivity (Wildman–Crippen MR) is 87.9 cm³/mol. The van der Waals surface area contributed by atoms with E-state index in [1.807, 2.05) is 0 Å². The highest BCUT2D eigenvalue weighted by atomic mass is 19.4. The van der Waals surface area contributed by atoms with E-state index >= 15 is 0 Å². The Morgan fingerprint density at radius 3 is 2.62 bits per heavy atom. The smallest absolute Gasteiger partial charge is 0.416 e. The van der Waals surface area contributed by atoms with Crippen molar-refractivity contribution in [2.75, 3.05) is 5.32 Å². The number of carboxylic acid groups (broad SMARTS) is 1. The fraction of sp³-hybridized carbons (Fsp3) is 0.118. The Balaban J connectivity index is 2.19. The maximum Gasteiger partial charge on any atom is 0.416 e. The molecule has 26 heavy (non-hydrogen) atoms. The van der Waals surface area contributed by atoms with Gasteiger partial charge in [0.05, 0.1) is 5.56 Å². The van der Waals surface area contributed by atoms with Crippen LogP contribution in [0, 0.1) is 6.92 Å². The Labute approximate surface area is 144 Å². The van der Waals surface area contributed by atoms with E-state index in [-0.39, 0.29) is 17.2 Å². The number of anilines is 2. The molecule has 0 aliphatic carbocycles. The quantitative estimate of drug-likeness (QED) is 0.745. The first-order valence-electron chi connectivity index (χ1n) is 7.38. The summed E-state index contributed by atoms with van der Waals surface area (Å²) in [6.07, 6.45) is -3.18. The molecule has 0 bridgehead atoms. The van der Waals surface area contributed by atoms with Crippen molar-refractivity contribution in [3.63, 3.8) is 0 Å². The third-order valence-electron chi connectivity index (χ3n) is 3.72. The zero-order valence-electron chi connectivity index (χ0n) is 13.3. The lowest BCUT2D eigenvalue weighted by Gasteiger charge is -2.13. The van der Waals surface area contributed by atoms with Crippen molar-refractivity contribution >= 4 is 23.1 Å². The van der Waals surface area contributed by atoms with Crippen LogP contribution in [0.2, 0.25) is 0 Å². The Hall–Kier alpha value is -3.36. The summed E-state index contributed by atoms with van der Waals surface area (Å²) in [5.74, 6) is -1.86. The number of rotatable bonds is 3. The highest BCUT2D eigenvalue weighted by Crippen LogP contribution is 2.31. The topological polar surface area (TPSA) is 83.7 Å². The van der Waals surface area contributed by atoms with Gasteiger partial charge >= 0.3 is 12.1 Å². The molecular weight excluding hydrogens is 351 g/mol. The van der Waals surface area contributed by atoms with Gasteiger partial charge in [-0.05, 0) is 36.8 Å². The molecule has 9 heteroatoms. The minimum atomic E-state index is -4.56. The van der Waals surface area contributed by atoms with Crippen LogP contribution >= 0.6 is 0 Å². The molecule has 0 fully saturated rings. The summed E-state index contributed by atoms with van der Waals surface area (Å²) in [5, 5.41) is 11.9. The number of hydrogen-bond donors (Lipinski definition) is 2. The summed E-state index contributed by atoms with van der Waals surface area (Å²) >= 11 is 0. The van der Waals surface area contributed by atoms with Gasteiger partial charge in [0.2, 0.25) is 0 Å². The van der Waals surface area contributed by atoms with Crippen LogP contribution in [0.25, 0.3) is 5.65 Å². The lowest BCUT2D eigenvalue weighted by molar-refractivity contribution is -0.137. The molecule has 2 N–H and O–H groups in total. The number of carbonyl (C=O) groups is 1. The normalized spacial score (nSPS) is 11.5. The van der Waals surface area contributed by atoms with Crippen LogP contribution in [-0.2, 0) is 6.18 Å². The fourth-order valence-corrected chi connectivity index (χ4v) is 2.49. The molecule has 3 rings (SSSR count). The number of hydrogen-bond acceptors (Lipinski definition) is 4. The van der Waals surface area contributed by atoms with E-state index in [1.165, 1.54) is 18.3 Å². The van der Waals surface area contributed by atoms with E-state index < -0.39 is 28.8 Å². The third-order valence-corrected chi connectivity index (χ3v) is 3.72. The largest absolute Gasteiger partial charge is 0.477 e. The second-order valence-corrected chi connectivity index (χ2v) is 5.53. The van der Waals surface area contributed by atoms with Crippen LogP contribution in [0.15, 0.2) is 47.4 Å². The van der Waals surface area contributed by atoms with Gasteiger partial charge in [0.1, 0.15) is 5.65 Å². The van der Waals surface area contributed by atoms with Crippen molar-refractivity contribution in [1.29, 1.82) is 0 Å². The fourth-order valence-electron chi connectivity index (χ4n) is 2.49. The molecule has 0 saturated heterocycles. The molecule has 134 valence electrons. The molecule has 1 aromatic carbocycles. The highest BCUT2D eigenvalue weighted by Gasteiger charge is 2.30. The first-order valence-corrected chi connectivity index (χ1v) is 7.38. The van der Waals surface area contributed by atoms with E-state index in [0.717, 1.165) is 16.5 Å². The summed E-state index contributed by atoms with van der Waals surface area (Å²) < 4.78 is 39.6.